The second-order valence-electron chi connectivity index (χ2n) is 5.33. The molecular weight excluding hydrogens is 158 g/mol. The lowest BCUT2D eigenvalue weighted by molar-refractivity contribution is 0.141. The van der Waals surface area contributed by atoms with Crippen molar-refractivity contribution in [3.63, 3.8) is 0 Å². The van der Waals surface area contributed by atoms with Crippen LogP contribution >= 0.6 is 0 Å². The highest BCUT2D eigenvalue weighted by molar-refractivity contribution is 6.39. The third-order valence-electron chi connectivity index (χ3n) is 3.18. The van der Waals surface area contributed by atoms with Crippen LogP contribution in [0.1, 0.15) is 51.4 Å². The van der Waals surface area contributed by atoms with Crippen LogP contribution in [0.15, 0.2) is 0 Å². The predicted octanol–water partition coefficient (Wildman–Crippen LogP) is 0.864. The van der Waals surface area contributed by atoms with Crippen LogP contribution in [0.5, 0.6) is 0 Å². The molecule has 0 amide bonds. The first kappa shape index (κ1) is 11.2. The van der Waals surface area contributed by atoms with Crippen molar-refractivity contribution in [3.8, 4) is 0 Å². The Bertz CT molecular complexity index is 148. The highest BCUT2D eigenvalue weighted by atomic mass is 16.3. The first-order valence-electron chi connectivity index (χ1n) is 5.78. The summed E-state index contributed by atoms with van der Waals surface area (Å²) >= 11 is 0. The summed E-state index contributed by atoms with van der Waals surface area (Å²) in [5, 5.41) is 10.1. The quantitative estimate of drug-likeness (QED) is 0.548. The standard InChI is InChI=1S/C10H22B2O/c11-10(12)7-5-3-1-2-4-6-9(13)8-10/h9,13H,1-8,11-12H2. The Labute approximate surface area is 84.1 Å². The van der Waals surface area contributed by atoms with Crippen LogP contribution in [-0.4, -0.2) is 26.9 Å². The maximum atomic E-state index is 9.77. The molecular formula is C10H22B2O. The molecule has 13 heavy (non-hydrogen) atoms. The summed E-state index contributed by atoms with van der Waals surface area (Å²) in [6.45, 7) is 0. The molecule has 0 aromatic heterocycles. The van der Waals surface area contributed by atoms with E-state index in [9.17, 15) is 5.11 Å². The summed E-state index contributed by atoms with van der Waals surface area (Å²) in [6, 6.07) is 0. The van der Waals surface area contributed by atoms with Gasteiger partial charge in [-0.3, -0.25) is 0 Å². The zero-order chi connectivity index (χ0) is 9.73. The molecule has 0 heterocycles. The number of aliphatic hydroxyl groups excluding tert-OH is 1. The van der Waals surface area contributed by atoms with E-state index in [0.717, 1.165) is 12.8 Å². The lowest BCUT2D eigenvalue weighted by atomic mass is 9.49. The Kier molecular flexibility index (Phi) is 4.37. The van der Waals surface area contributed by atoms with Crippen molar-refractivity contribution in [2.75, 3.05) is 0 Å². The van der Waals surface area contributed by atoms with E-state index in [1.54, 1.807) is 0 Å². The molecule has 0 spiro atoms. The summed E-state index contributed by atoms with van der Waals surface area (Å²) in [4.78, 5) is 0. The first-order chi connectivity index (χ1) is 6.10. The van der Waals surface area contributed by atoms with E-state index < -0.39 is 0 Å². The molecule has 1 aliphatic carbocycles. The maximum absolute atomic E-state index is 9.77. The smallest absolute Gasteiger partial charge is 0.0993 e. The van der Waals surface area contributed by atoms with Gasteiger partial charge in [0.05, 0.1) is 21.8 Å². The molecule has 0 bridgehead atoms. The molecule has 1 N–H and O–H groups in total. The van der Waals surface area contributed by atoms with Gasteiger partial charge in [-0.15, -0.1) is 0 Å². The number of hydrogen-bond donors (Lipinski definition) is 1. The van der Waals surface area contributed by atoms with Gasteiger partial charge in [-0.1, -0.05) is 43.7 Å². The fourth-order valence-corrected chi connectivity index (χ4v) is 2.36. The Hall–Kier alpha value is 0.0899. The Morgan fingerprint density at radius 1 is 1.00 bits per heavy atom. The summed E-state index contributed by atoms with van der Waals surface area (Å²) in [5.41, 5.74) is 0. The van der Waals surface area contributed by atoms with E-state index >= 15 is 0 Å². The molecule has 1 aliphatic rings. The van der Waals surface area contributed by atoms with E-state index in [1.807, 2.05) is 0 Å². The molecule has 1 saturated carbocycles. The average Bonchev–Trinajstić information content (AvgIpc) is 2.01. The molecule has 0 aromatic carbocycles. The summed E-state index contributed by atoms with van der Waals surface area (Å²) in [5.74, 6) is 0. The minimum absolute atomic E-state index is 0.0481. The van der Waals surface area contributed by atoms with Crippen molar-refractivity contribution in [3.05, 3.63) is 0 Å². The number of aliphatic hydroxyl groups is 1. The average molecular weight is 180 g/mol. The van der Waals surface area contributed by atoms with Gasteiger partial charge in [-0.2, -0.15) is 0 Å². The van der Waals surface area contributed by atoms with Gasteiger partial charge in [0.25, 0.3) is 0 Å². The van der Waals surface area contributed by atoms with Crippen molar-refractivity contribution in [1.29, 1.82) is 0 Å². The molecule has 1 nitrogen and oxygen atoms in total. The number of hydrogen-bond acceptors (Lipinski definition) is 1. The van der Waals surface area contributed by atoms with Crippen molar-refractivity contribution in [2.24, 2.45) is 0 Å². The zero-order valence-electron chi connectivity index (χ0n) is 9.18. The highest BCUT2D eigenvalue weighted by Gasteiger charge is 2.22. The Morgan fingerprint density at radius 2 is 1.62 bits per heavy atom. The summed E-state index contributed by atoms with van der Waals surface area (Å²) in [6.07, 6.45) is 9.88. The minimum atomic E-state index is -0.0481. The SMILES string of the molecule is BC1(B)CCCCCCCC(O)C1. The van der Waals surface area contributed by atoms with Gasteiger partial charge < -0.3 is 5.11 Å². The van der Waals surface area contributed by atoms with E-state index in [0.29, 0.717) is 5.21 Å². The van der Waals surface area contributed by atoms with Crippen molar-refractivity contribution < 1.29 is 5.11 Å². The van der Waals surface area contributed by atoms with Gasteiger partial charge in [0.1, 0.15) is 0 Å². The van der Waals surface area contributed by atoms with Gasteiger partial charge >= 0.3 is 0 Å². The number of rotatable bonds is 0. The van der Waals surface area contributed by atoms with E-state index in [1.165, 1.54) is 38.5 Å². The minimum Gasteiger partial charge on any atom is -0.393 e. The van der Waals surface area contributed by atoms with Crippen LogP contribution in [0.25, 0.3) is 0 Å². The van der Waals surface area contributed by atoms with E-state index in [-0.39, 0.29) is 6.10 Å². The van der Waals surface area contributed by atoms with E-state index in [2.05, 4.69) is 15.7 Å². The van der Waals surface area contributed by atoms with Gasteiger partial charge in [-0.05, 0) is 12.8 Å². The second kappa shape index (κ2) is 5.09. The molecule has 1 unspecified atom stereocenters. The molecule has 74 valence electrons. The lowest BCUT2D eigenvalue weighted by Crippen LogP contribution is -2.22. The van der Waals surface area contributed by atoms with Crippen LogP contribution in [0.4, 0.5) is 0 Å². The fourth-order valence-electron chi connectivity index (χ4n) is 2.36. The first-order valence-corrected chi connectivity index (χ1v) is 5.78. The zero-order valence-corrected chi connectivity index (χ0v) is 9.18. The third-order valence-corrected chi connectivity index (χ3v) is 3.18. The highest BCUT2D eigenvalue weighted by Crippen LogP contribution is 2.32. The molecule has 0 aromatic rings. The summed E-state index contributed by atoms with van der Waals surface area (Å²) < 4.78 is 0. The topological polar surface area (TPSA) is 20.2 Å². The Balaban J connectivity index is 2.40. The largest absolute Gasteiger partial charge is 0.393 e. The molecule has 3 heteroatoms. The predicted molar refractivity (Wildman–Crippen MR) is 62.7 cm³/mol. The van der Waals surface area contributed by atoms with Crippen molar-refractivity contribution in [2.45, 2.75) is 62.7 Å². The normalized spacial score (nSPS) is 31.0. The van der Waals surface area contributed by atoms with Crippen molar-refractivity contribution in [1.82, 2.24) is 0 Å². The molecule has 0 aliphatic heterocycles. The van der Waals surface area contributed by atoms with Gasteiger partial charge in [0.15, 0.2) is 0 Å². The second-order valence-corrected chi connectivity index (χ2v) is 5.33. The molecule has 0 radical (unpaired) electrons. The lowest BCUT2D eigenvalue weighted by Gasteiger charge is -2.28. The maximum Gasteiger partial charge on any atom is 0.0993 e. The van der Waals surface area contributed by atoms with Crippen LogP contribution < -0.4 is 0 Å². The van der Waals surface area contributed by atoms with Crippen molar-refractivity contribution >= 4 is 15.7 Å². The summed E-state index contributed by atoms with van der Waals surface area (Å²) in [7, 11) is 4.58. The van der Waals surface area contributed by atoms with Crippen LogP contribution in [-0.2, 0) is 0 Å². The molecule has 1 rings (SSSR count). The molecule has 1 atom stereocenters. The van der Waals surface area contributed by atoms with Gasteiger partial charge in [0, 0.05) is 0 Å². The third kappa shape index (κ3) is 4.75. The monoisotopic (exact) mass is 180 g/mol. The van der Waals surface area contributed by atoms with Crippen LogP contribution in [0, 0.1) is 0 Å². The molecule has 1 fully saturated rings. The van der Waals surface area contributed by atoms with Crippen LogP contribution in [0.2, 0.25) is 5.21 Å². The van der Waals surface area contributed by atoms with Crippen LogP contribution in [0.3, 0.4) is 0 Å². The van der Waals surface area contributed by atoms with Gasteiger partial charge in [-0.25, -0.2) is 0 Å². The fraction of sp³-hybridized carbons (Fsp3) is 1.00. The Morgan fingerprint density at radius 3 is 2.38 bits per heavy atom. The van der Waals surface area contributed by atoms with E-state index in [4.69, 9.17) is 0 Å². The van der Waals surface area contributed by atoms with Gasteiger partial charge in [0.2, 0.25) is 0 Å². The molecule has 0 saturated heterocycles.